The van der Waals surface area contributed by atoms with Crippen LogP contribution in [0, 0.1) is 5.92 Å². The van der Waals surface area contributed by atoms with E-state index in [4.69, 9.17) is 16.3 Å². The summed E-state index contributed by atoms with van der Waals surface area (Å²) in [4.78, 5) is 24.1. The first-order chi connectivity index (χ1) is 10.5. The molecule has 1 unspecified atom stereocenters. The fraction of sp³-hybridized carbons (Fsp3) is 0.529. The number of benzene rings is 1. The van der Waals surface area contributed by atoms with E-state index < -0.39 is 5.97 Å². The first-order valence-electron chi connectivity index (χ1n) is 7.80. The molecule has 0 aliphatic heterocycles. The van der Waals surface area contributed by atoms with Crippen molar-refractivity contribution in [2.75, 3.05) is 11.9 Å². The molecule has 0 aromatic heterocycles. The number of nitrogens with one attached hydrogen (secondary N) is 1. The summed E-state index contributed by atoms with van der Waals surface area (Å²) in [6.07, 6.45) is 3.71. The summed E-state index contributed by atoms with van der Waals surface area (Å²) in [7, 11) is 0. The summed E-state index contributed by atoms with van der Waals surface area (Å²) in [5.41, 5.74) is 0.829. The molecule has 4 nitrogen and oxygen atoms in total. The Bertz CT molecular complexity index is 517. The number of carbonyl (C=O) groups excluding carboxylic acids is 2. The van der Waals surface area contributed by atoms with Gasteiger partial charge in [0.1, 0.15) is 0 Å². The maximum absolute atomic E-state index is 12.3. The Morgan fingerprint density at radius 3 is 2.59 bits per heavy atom. The average Bonchev–Trinajstić information content (AvgIpc) is 2.50. The zero-order chi connectivity index (χ0) is 16.5. The van der Waals surface area contributed by atoms with Gasteiger partial charge in [-0.2, -0.15) is 0 Å². The Morgan fingerprint density at radius 2 is 2.00 bits per heavy atom. The van der Waals surface area contributed by atoms with Gasteiger partial charge in [0.05, 0.1) is 22.9 Å². The fourth-order valence-electron chi connectivity index (χ4n) is 2.17. The number of carbonyl (C=O) groups is 2. The lowest BCUT2D eigenvalue weighted by Gasteiger charge is -2.16. The van der Waals surface area contributed by atoms with Crippen molar-refractivity contribution in [3.05, 3.63) is 28.8 Å². The van der Waals surface area contributed by atoms with Crippen LogP contribution in [0.2, 0.25) is 5.02 Å². The van der Waals surface area contributed by atoms with Crippen LogP contribution in [0.25, 0.3) is 0 Å². The number of amides is 1. The molecule has 1 aromatic carbocycles. The minimum atomic E-state index is -0.423. The molecule has 1 amide bonds. The van der Waals surface area contributed by atoms with E-state index in [-0.39, 0.29) is 11.8 Å². The maximum Gasteiger partial charge on any atom is 0.338 e. The molecule has 1 atom stereocenters. The van der Waals surface area contributed by atoms with Gasteiger partial charge in [0.15, 0.2) is 0 Å². The van der Waals surface area contributed by atoms with Crippen molar-refractivity contribution in [3.8, 4) is 0 Å². The Morgan fingerprint density at radius 1 is 1.27 bits per heavy atom. The van der Waals surface area contributed by atoms with E-state index in [1.807, 2.05) is 6.92 Å². The minimum Gasteiger partial charge on any atom is -0.462 e. The molecule has 0 heterocycles. The molecule has 0 bridgehead atoms. The molecule has 0 fully saturated rings. The van der Waals surface area contributed by atoms with Gasteiger partial charge in [-0.15, -0.1) is 0 Å². The van der Waals surface area contributed by atoms with Crippen molar-refractivity contribution in [2.24, 2.45) is 5.92 Å². The van der Waals surface area contributed by atoms with Crippen molar-refractivity contribution in [1.82, 2.24) is 0 Å². The number of ether oxygens (including phenoxy) is 1. The Kier molecular flexibility index (Phi) is 7.96. The summed E-state index contributed by atoms with van der Waals surface area (Å²) < 4.78 is 4.95. The zero-order valence-electron chi connectivity index (χ0n) is 13.4. The molecule has 0 saturated heterocycles. The predicted octanol–water partition coefficient (Wildman–Crippen LogP) is 4.67. The van der Waals surface area contributed by atoms with Crippen molar-refractivity contribution in [3.63, 3.8) is 0 Å². The van der Waals surface area contributed by atoms with E-state index in [0.717, 1.165) is 25.7 Å². The number of unbranched alkanes of at least 4 members (excludes halogenated alkanes) is 1. The van der Waals surface area contributed by atoms with Crippen LogP contribution in [-0.4, -0.2) is 18.5 Å². The van der Waals surface area contributed by atoms with E-state index in [0.29, 0.717) is 22.9 Å². The fourth-order valence-corrected chi connectivity index (χ4v) is 2.33. The molecular weight excluding hydrogens is 302 g/mol. The van der Waals surface area contributed by atoms with Crippen LogP contribution in [0.4, 0.5) is 5.69 Å². The molecule has 22 heavy (non-hydrogen) atoms. The monoisotopic (exact) mass is 325 g/mol. The molecule has 0 aliphatic rings. The highest BCUT2D eigenvalue weighted by Gasteiger charge is 2.18. The number of esters is 1. The summed E-state index contributed by atoms with van der Waals surface area (Å²) in [5, 5.41) is 3.24. The molecule has 122 valence electrons. The largest absolute Gasteiger partial charge is 0.462 e. The summed E-state index contributed by atoms with van der Waals surface area (Å²) in [5.74, 6) is -0.520. The first-order valence-corrected chi connectivity index (χ1v) is 8.18. The van der Waals surface area contributed by atoms with Crippen molar-refractivity contribution in [1.29, 1.82) is 0 Å². The average molecular weight is 326 g/mol. The van der Waals surface area contributed by atoms with Gasteiger partial charge in [0.2, 0.25) is 5.91 Å². The molecule has 5 heteroatoms. The summed E-state index contributed by atoms with van der Waals surface area (Å²) in [6, 6.07) is 4.74. The van der Waals surface area contributed by atoms with Gasteiger partial charge in [0, 0.05) is 5.92 Å². The van der Waals surface area contributed by atoms with E-state index in [1.165, 1.54) is 0 Å². The van der Waals surface area contributed by atoms with E-state index >= 15 is 0 Å². The Labute approximate surface area is 137 Å². The van der Waals surface area contributed by atoms with E-state index in [9.17, 15) is 9.59 Å². The third-order valence-corrected chi connectivity index (χ3v) is 3.83. The van der Waals surface area contributed by atoms with Crippen molar-refractivity contribution >= 4 is 29.2 Å². The third kappa shape index (κ3) is 5.34. The molecule has 0 aliphatic carbocycles. The summed E-state index contributed by atoms with van der Waals surface area (Å²) in [6.45, 7) is 6.15. The number of hydrogen-bond acceptors (Lipinski definition) is 3. The highest BCUT2D eigenvalue weighted by molar-refractivity contribution is 6.33. The van der Waals surface area contributed by atoms with Crippen molar-refractivity contribution in [2.45, 2.75) is 46.5 Å². The highest BCUT2D eigenvalue weighted by atomic mass is 35.5. The topological polar surface area (TPSA) is 55.4 Å². The second-order valence-corrected chi connectivity index (χ2v) is 5.56. The van der Waals surface area contributed by atoms with Crippen LogP contribution < -0.4 is 5.32 Å². The van der Waals surface area contributed by atoms with E-state index in [1.54, 1.807) is 25.1 Å². The van der Waals surface area contributed by atoms with Crippen LogP contribution in [0.3, 0.4) is 0 Å². The maximum atomic E-state index is 12.3. The third-order valence-electron chi connectivity index (χ3n) is 3.51. The number of halogens is 1. The van der Waals surface area contributed by atoms with Gasteiger partial charge in [0.25, 0.3) is 0 Å². The van der Waals surface area contributed by atoms with Crippen LogP contribution in [-0.2, 0) is 9.53 Å². The van der Waals surface area contributed by atoms with Crippen LogP contribution in [0.15, 0.2) is 18.2 Å². The van der Waals surface area contributed by atoms with Crippen molar-refractivity contribution < 1.29 is 14.3 Å². The lowest BCUT2D eigenvalue weighted by atomic mass is 9.98. The van der Waals surface area contributed by atoms with Crippen LogP contribution >= 0.6 is 11.6 Å². The normalized spacial score (nSPS) is 11.8. The quantitative estimate of drug-likeness (QED) is 0.706. The lowest BCUT2D eigenvalue weighted by molar-refractivity contribution is -0.120. The Hall–Kier alpha value is -1.55. The smallest absolute Gasteiger partial charge is 0.338 e. The second-order valence-electron chi connectivity index (χ2n) is 5.15. The SMILES string of the molecule is CCCCC(CC)C(=O)Nc1cc(C(=O)OCC)ccc1Cl. The zero-order valence-corrected chi connectivity index (χ0v) is 14.2. The number of hydrogen-bond donors (Lipinski definition) is 1. The molecular formula is C17H24ClNO3. The van der Waals surface area contributed by atoms with Gasteiger partial charge in [-0.05, 0) is 38.0 Å². The molecule has 0 saturated carbocycles. The molecule has 0 spiro atoms. The number of rotatable bonds is 8. The predicted molar refractivity (Wildman–Crippen MR) is 89.3 cm³/mol. The standard InChI is InChI=1S/C17H24ClNO3/c1-4-7-8-12(5-2)16(20)19-15-11-13(9-10-14(15)18)17(21)22-6-3/h9-12H,4-8H2,1-3H3,(H,19,20). The van der Waals surface area contributed by atoms with Gasteiger partial charge in [-0.25, -0.2) is 4.79 Å². The lowest BCUT2D eigenvalue weighted by Crippen LogP contribution is -2.22. The summed E-state index contributed by atoms with van der Waals surface area (Å²) >= 11 is 6.11. The second kappa shape index (κ2) is 9.46. The number of anilines is 1. The van der Waals surface area contributed by atoms with Crippen LogP contribution in [0.1, 0.15) is 56.8 Å². The van der Waals surface area contributed by atoms with Gasteiger partial charge in [-0.1, -0.05) is 38.3 Å². The van der Waals surface area contributed by atoms with Gasteiger partial charge in [-0.3, -0.25) is 4.79 Å². The molecule has 0 radical (unpaired) electrons. The minimum absolute atomic E-state index is 0.0396. The highest BCUT2D eigenvalue weighted by Crippen LogP contribution is 2.25. The Balaban J connectivity index is 2.85. The van der Waals surface area contributed by atoms with Gasteiger partial charge >= 0.3 is 5.97 Å². The first kappa shape index (κ1) is 18.5. The van der Waals surface area contributed by atoms with E-state index in [2.05, 4.69) is 12.2 Å². The molecule has 1 aromatic rings. The van der Waals surface area contributed by atoms with Crippen LogP contribution in [0.5, 0.6) is 0 Å². The van der Waals surface area contributed by atoms with Gasteiger partial charge < -0.3 is 10.1 Å². The molecule has 1 rings (SSSR count). The molecule has 1 N–H and O–H groups in total.